The van der Waals surface area contributed by atoms with Crippen LogP contribution < -0.4 is 5.73 Å². The zero-order valence-electron chi connectivity index (χ0n) is 10.5. The number of hydrogen-bond donors (Lipinski definition) is 1. The van der Waals surface area contributed by atoms with Crippen LogP contribution >= 0.6 is 24.8 Å². The first-order valence-corrected chi connectivity index (χ1v) is 5.75. The lowest BCUT2D eigenvalue weighted by atomic mass is 9.89. The molecule has 1 aromatic rings. The summed E-state index contributed by atoms with van der Waals surface area (Å²) in [7, 11) is 2.16. The highest BCUT2D eigenvalue weighted by Gasteiger charge is 2.18. The number of piperidine rings is 1. The molecule has 1 aromatic carbocycles. The molecule has 2 N–H and O–H groups in total. The Morgan fingerprint density at radius 2 is 1.67 bits per heavy atom. The van der Waals surface area contributed by atoms with Crippen molar-refractivity contribution in [2.45, 2.75) is 18.8 Å². The number of hydrogen-bond acceptors (Lipinski definition) is 2. The molecule has 0 bridgehead atoms. The molecule has 3 nitrogen and oxygen atoms in total. The van der Waals surface area contributed by atoms with Gasteiger partial charge in [0, 0.05) is 5.56 Å². The van der Waals surface area contributed by atoms with Crippen LogP contribution in [0.5, 0.6) is 0 Å². The average Bonchev–Trinajstić information content (AvgIpc) is 2.30. The van der Waals surface area contributed by atoms with Gasteiger partial charge in [-0.3, -0.25) is 4.79 Å². The Morgan fingerprint density at radius 1 is 1.17 bits per heavy atom. The van der Waals surface area contributed by atoms with Crippen molar-refractivity contribution in [1.29, 1.82) is 0 Å². The first kappa shape index (κ1) is 17.2. The molecule has 0 radical (unpaired) electrons. The standard InChI is InChI=1S/C13H18N2O.2ClH/c1-15-8-6-11(7-9-15)10-2-4-12(5-3-10)13(14)16;;/h2-5,11H,6-9H2,1H3,(H2,14,16);2*1H. The van der Waals surface area contributed by atoms with E-state index in [1.165, 1.54) is 18.4 Å². The molecule has 5 heteroatoms. The summed E-state index contributed by atoms with van der Waals surface area (Å²) < 4.78 is 0. The molecule has 1 heterocycles. The minimum atomic E-state index is -0.352. The van der Waals surface area contributed by atoms with E-state index in [0.29, 0.717) is 11.5 Å². The summed E-state index contributed by atoms with van der Waals surface area (Å²) in [6.45, 7) is 2.31. The topological polar surface area (TPSA) is 46.3 Å². The zero-order chi connectivity index (χ0) is 11.5. The first-order chi connectivity index (χ1) is 7.66. The van der Waals surface area contributed by atoms with Crippen molar-refractivity contribution in [2.75, 3.05) is 20.1 Å². The predicted molar refractivity (Wildman–Crippen MR) is 78.9 cm³/mol. The quantitative estimate of drug-likeness (QED) is 0.909. The fourth-order valence-corrected chi connectivity index (χ4v) is 2.26. The number of likely N-dealkylation sites (tertiary alicyclic amines) is 1. The normalized spacial score (nSPS) is 16.5. The summed E-state index contributed by atoms with van der Waals surface area (Å²) in [5.74, 6) is 0.285. The third-order valence-electron chi connectivity index (χ3n) is 3.39. The maximum atomic E-state index is 10.9. The SMILES string of the molecule is CN1CCC(c2ccc(C(N)=O)cc2)CC1.Cl.Cl. The highest BCUT2D eigenvalue weighted by molar-refractivity contribution is 5.92. The Labute approximate surface area is 121 Å². The highest BCUT2D eigenvalue weighted by atomic mass is 35.5. The number of amides is 1. The van der Waals surface area contributed by atoms with Crippen LogP contribution in [0.15, 0.2) is 24.3 Å². The van der Waals surface area contributed by atoms with Gasteiger partial charge in [0.15, 0.2) is 0 Å². The van der Waals surface area contributed by atoms with E-state index in [9.17, 15) is 4.79 Å². The summed E-state index contributed by atoms with van der Waals surface area (Å²) >= 11 is 0. The zero-order valence-corrected chi connectivity index (χ0v) is 12.1. The first-order valence-electron chi connectivity index (χ1n) is 5.75. The van der Waals surface area contributed by atoms with Crippen LogP contribution in [0, 0.1) is 0 Å². The molecule has 2 rings (SSSR count). The number of nitrogens with zero attached hydrogens (tertiary/aromatic N) is 1. The molecule has 18 heavy (non-hydrogen) atoms. The minimum absolute atomic E-state index is 0. The number of carbonyl (C=O) groups excluding carboxylic acids is 1. The van der Waals surface area contributed by atoms with Gasteiger partial charge >= 0.3 is 0 Å². The van der Waals surface area contributed by atoms with Gasteiger partial charge in [0.25, 0.3) is 0 Å². The van der Waals surface area contributed by atoms with Crippen molar-refractivity contribution in [3.63, 3.8) is 0 Å². The lowest BCUT2D eigenvalue weighted by molar-refractivity contribution is 0.100. The molecule has 0 unspecified atom stereocenters. The van der Waals surface area contributed by atoms with Crippen LogP contribution in [0.25, 0.3) is 0 Å². The van der Waals surface area contributed by atoms with E-state index in [1.54, 1.807) is 0 Å². The molecule has 0 saturated carbocycles. The van der Waals surface area contributed by atoms with E-state index in [4.69, 9.17) is 5.73 Å². The van der Waals surface area contributed by atoms with Gasteiger partial charge in [0.2, 0.25) is 5.91 Å². The third kappa shape index (κ3) is 4.16. The highest BCUT2D eigenvalue weighted by Crippen LogP contribution is 2.27. The Bertz CT molecular complexity index is 373. The summed E-state index contributed by atoms with van der Waals surface area (Å²) in [4.78, 5) is 13.3. The van der Waals surface area contributed by atoms with Crippen LogP contribution in [0.4, 0.5) is 0 Å². The lowest BCUT2D eigenvalue weighted by Gasteiger charge is -2.29. The predicted octanol–water partition coefficient (Wildman–Crippen LogP) is 2.44. The number of nitrogens with two attached hydrogens (primary N) is 1. The molecule has 0 aliphatic carbocycles. The van der Waals surface area contributed by atoms with Crippen LogP contribution in [-0.4, -0.2) is 30.9 Å². The van der Waals surface area contributed by atoms with E-state index in [0.717, 1.165) is 13.1 Å². The fourth-order valence-electron chi connectivity index (χ4n) is 2.26. The molecule has 0 spiro atoms. The number of halogens is 2. The maximum absolute atomic E-state index is 10.9. The third-order valence-corrected chi connectivity index (χ3v) is 3.39. The van der Waals surface area contributed by atoms with E-state index >= 15 is 0 Å². The van der Waals surface area contributed by atoms with Crippen LogP contribution in [0.3, 0.4) is 0 Å². The van der Waals surface area contributed by atoms with Crippen LogP contribution in [-0.2, 0) is 0 Å². The van der Waals surface area contributed by atoms with E-state index in [1.807, 2.05) is 24.3 Å². The summed E-state index contributed by atoms with van der Waals surface area (Å²) in [6, 6.07) is 7.73. The second-order valence-electron chi connectivity index (χ2n) is 4.56. The van der Waals surface area contributed by atoms with Crippen LogP contribution in [0.2, 0.25) is 0 Å². The number of benzene rings is 1. The summed E-state index contributed by atoms with van der Waals surface area (Å²) in [5.41, 5.74) is 7.14. The van der Waals surface area contributed by atoms with Crippen molar-refractivity contribution in [3.05, 3.63) is 35.4 Å². The van der Waals surface area contributed by atoms with Gasteiger partial charge < -0.3 is 10.6 Å². The Morgan fingerprint density at radius 3 is 2.11 bits per heavy atom. The molecule has 1 aliphatic heterocycles. The number of carbonyl (C=O) groups is 1. The van der Waals surface area contributed by atoms with Crippen molar-refractivity contribution in [3.8, 4) is 0 Å². The molecule has 102 valence electrons. The second-order valence-corrected chi connectivity index (χ2v) is 4.56. The minimum Gasteiger partial charge on any atom is -0.366 e. The van der Waals surface area contributed by atoms with Crippen LogP contribution in [0.1, 0.15) is 34.7 Å². The van der Waals surface area contributed by atoms with Gasteiger partial charge in [-0.25, -0.2) is 0 Å². The number of rotatable bonds is 2. The molecule has 1 amide bonds. The molecule has 1 aliphatic rings. The van der Waals surface area contributed by atoms with Crippen molar-refractivity contribution < 1.29 is 4.79 Å². The smallest absolute Gasteiger partial charge is 0.248 e. The van der Waals surface area contributed by atoms with Gasteiger partial charge in [-0.2, -0.15) is 0 Å². The second kappa shape index (κ2) is 7.62. The van der Waals surface area contributed by atoms with Crippen molar-refractivity contribution in [1.82, 2.24) is 4.90 Å². The monoisotopic (exact) mass is 290 g/mol. The molecule has 1 saturated heterocycles. The summed E-state index contributed by atoms with van der Waals surface area (Å²) in [5, 5.41) is 0. The lowest BCUT2D eigenvalue weighted by Crippen LogP contribution is -2.29. The van der Waals surface area contributed by atoms with Gasteiger partial charge in [-0.1, -0.05) is 12.1 Å². The van der Waals surface area contributed by atoms with Gasteiger partial charge in [0.05, 0.1) is 0 Å². The maximum Gasteiger partial charge on any atom is 0.248 e. The Balaban J connectivity index is 0.00000144. The van der Waals surface area contributed by atoms with Crippen molar-refractivity contribution in [2.24, 2.45) is 5.73 Å². The van der Waals surface area contributed by atoms with E-state index in [-0.39, 0.29) is 30.7 Å². The van der Waals surface area contributed by atoms with Gasteiger partial charge in [-0.15, -0.1) is 24.8 Å². The summed E-state index contributed by atoms with van der Waals surface area (Å²) in [6.07, 6.45) is 2.40. The largest absolute Gasteiger partial charge is 0.366 e. The Kier molecular flexibility index (Phi) is 7.29. The van der Waals surface area contributed by atoms with E-state index < -0.39 is 0 Å². The molecular formula is C13H20Cl2N2O. The molecule has 0 aromatic heterocycles. The average molecular weight is 291 g/mol. The molecule has 1 fully saturated rings. The van der Waals surface area contributed by atoms with Gasteiger partial charge in [-0.05, 0) is 56.6 Å². The molecule has 0 atom stereocenters. The van der Waals surface area contributed by atoms with Gasteiger partial charge in [0.1, 0.15) is 0 Å². The molecular weight excluding hydrogens is 271 g/mol. The van der Waals surface area contributed by atoms with E-state index in [2.05, 4.69) is 11.9 Å². The number of primary amides is 1. The fraction of sp³-hybridized carbons (Fsp3) is 0.462. The Hall–Kier alpha value is -0.770. The van der Waals surface area contributed by atoms with Crippen molar-refractivity contribution >= 4 is 30.7 Å².